The summed E-state index contributed by atoms with van der Waals surface area (Å²) in [6.07, 6.45) is -18.2. The molecule has 0 spiro atoms. The average molecular weight is 833 g/mol. The monoisotopic (exact) mass is 832 g/mol. The zero-order chi connectivity index (χ0) is 43.6. The molecule has 0 aromatic heterocycles. The number of rotatable bonds is 14. The van der Waals surface area contributed by atoms with Crippen LogP contribution in [0.4, 0.5) is 39.5 Å². The molecule has 2 N–H and O–H groups in total. The molecule has 0 aliphatic rings. The van der Waals surface area contributed by atoms with E-state index in [0.717, 1.165) is 0 Å². The summed E-state index contributed by atoms with van der Waals surface area (Å²) >= 11 is 0. The molecule has 0 fully saturated rings. The standard InChI is InChI=1S/C17H26F6O4.C12H21F3O3.C4H10O3S.CH4/c1-8-13(4,5)12(25)27-14(6,7)15(16(18,19)20,17(21,22)23)26-11(24)9-10(2)3;1-6-10(3,4)9(16)18-8(2)7-11(5,17)12(13,14)15;1-3-4(2)8(5,6)7;/h10H,8-9H2,1-7H3;8,17H,6-7H2,1-5H3;4H,3H2,1-2H3,(H,5,6,7);1H4. The smallest absolute Gasteiger partial charge is 0.441 e. The van der Waals surface area contributed by atoms with Crippen LogP contribution >= 0.6 is 0 Å². The summed E-state index contributed by atoms with van der Waals surface area (Å²) in [7, 11) is -3.75. The molecule has 0 saturated heterocycles. The highest BCUT2D eigenvalue weighted by Gasteiger charge is 2.82. The fourth-order valence-electron chi connectivity index (χ4n) is 3.63. The van der Waals surface area contributed by atoms with Crippen molar-refractivity contribution in [3.8, 4) is 0 Å². The highest BCUT2D eigenvalue weighted by atomic mass is 32.2. The molecule has 0 saturated carbocycles. The van der Waals surface area contributed by atoms with Gasteiger partial charge in [0.1, 0.15) is 6.10 Å². The van der Waals surface area contributed by atoms with Crippen LogP contribution in [0, 0.1) is 16.7 Å². The minimum Gasteiger partial charge on any atom is -0.462 e. The summed E-state index contributed by atoms with van der Waals surface area (Å²) in [4.78, 5) is 35.6. The summed E-state index contributed by atoms with van der Waals surface area (Å²) in [5.41, 5.74) is -13.2. The van der Waals surface area contributed by atoms with E-state index in [9.17, 15) is 67.4 Å². The SMILES string of the molecule is C.CCC(C)(C)C(=O)OC(C)(C)C(OC(=O)CC(C)C)(C(F)(F)F)C(F)(F)F.CCC(C)(C)C(=O)OC(C)CC(C)(O)C(F)(F)F.CCC(C)S(=O)(=O)O. The maximum absolute atomic E-state index is 13.7. The third-order valence-corrected chi connectivity index (χ3v) is 9.75. The lowest BCUT2D eigenvalue weighted by atomic mass is 9.82. The Morgan fingerprint density at radius 2 is 1.04 bits per heavy atom. The van der Waals surface area contributed by atoms with Crippen LogP contribution in [-0.4, -0.2) is 82.7 Å². The Balaban J connectivity index is -0.000000397. The van der Waals surface area contributed by atoms with Crippen LogP contribution in [0.1, 0.15) is 136 Å². The molecular formula is C34H61F9O10S. The zero-order valence-corrected chi connectivity index (χ0v) is 33.6. The van der Waals surface area contributed by atoms with E-state index in [0.29, 0.717) is 33.6 Å². The first kappa shape index (κ1) is 58.4. The lowest BCUT2D eigenvalue weighted by Gasteiger charge is -2.46. The van der Waals surface area contributed by atoms with Gasteiger partial charge in [-0.1, -0.05) is 42.0 Å². The fourth-order valence-corrected chi connectivity index (χ4v) is 4.05. The number of hydrogen-bond acceptors (Lipinski definition) is 9. The topological polar surface area (TPSA) is 154 Å². The van der Waals surface area contributed by atoms with Crippen molar-refractivity contribution in [1.82, 2.24) is 0 Å². The van der Waals surface area contributed by atoms with Gasteiger partial charge < -0.3 is 19.3 Å². The van der Waals surface area contributed by atoms with Crippen molar-refractivity contribution in [2.24, 2.45) is 16.7 Å². The predicted molar refractivity (Wildman–Crippen MR) is 184 cm³/mol. The highest BCUT2D eigenvalue weighted by Crippen LogP contribution is 2.54. The number of hydrogen-bond donors (Lipinski definition) is 2. The van der Waals surface area contributed by atoms with E-state index >= 15 is 0 Å². The fraction of sp³-hybridized carbons (Fsp3) is 0.912. The van der Waals surface area contributed by atoms with Gasteiger partial charge in [-0.05, 0) is 87.5 Å². The first-order valence-corrected chi connectivity index (χ1v) is 18.1. The number of carbonyl (C=O) groups excluding carboxylic acids is 3. The van der Waals surface area contributed by atoms with Crippen molar-refractivity contribution in [3.05, 3.63) is 0 Å². The van der Waals surface area contributed by atoms with Gasteiger partial charge in [-0.25, -0.2) is 0 Å². The molecule has 0 rings (SSSR count). The van der Waals surface area contributed by atoms with E-state index in [1.807, 2.05) is 0 Å². The number of esters is 3. The molecule has 20 heteroatoms. The van der Waals surface area contributed by atoms with E-state index in [-0.39, 0.29) is 13.8 Å². The van der Waals surface area contributed by atoms with Gasteiger partial charge in [0.15, 0.2) is 11.2 Å². The second-order valence-electron chi connectivity index (χ2n) is 15.0. The first-order chi connectivity index (χ1) is 23.1. The Morgan fingerprint density at radius 3 is 1.30 bits per heavy atom. The van der Waals surface area contributed by atoms with E-state index in [1.165, 1.54) is 48.5 Å². The molecular weight excluding hydrogens is 771 g/mol. The normalized spacial score (nSPS) is 15.5. The second-order valence-corrected chi connectivity index (χ2v) is 16.9. The third kappa shape index (κ3) is 17.2. The minimum absolute atomic E-state index is 0. The Kier molecular flexibility index (Phi) is 22.4. The van der Waals surface area contributed by atoms with Crippen LogP contribution in [0.3, 0.4) is 0 Å². The van der Waals surface area contributed by atoms with Crippen molar-refractivity contribution in [3.63, 3.8) is 0 Å². The van der Waals surface area contributed by atoms with Gasteiger partial charge in [0.2, 0.25) is 0 Å². The van der Waals surface area contributed by atoms with E-state index in [1.54, 1.807) is 27.7 Å². The van der Waals surface area contributed by atoms with Crippen LogP contribution < -0.4 is 0 Å². The number of ether oxygens (including phenoxy) is 3. The Hall–Kier alpha value is -2.35. The average Bonchev–Trinajstić information content (AvgIpc) is 2.92. The Labute approximate surface area is 314 Å². The summed E-state index contributed by atoms with van der Waals surface area (Å²) in [6, 6.07) is 0. The molecule has 3 unspecified atom stereocenters. The van der Waals surface area contributed by atoms with Gasteiger partial charge in [-0.15, -0.1) is 0 Å². The van der Waals surface area contributed by atoms with Gasteiger partial charge in [-0.3, -0.25) is 18.9 Å². The van der Waals surface area contributed by atoms with Crippen LogP contribution in [-0.2, 0) is 38.7 Å². The molecule has 0 aromatic rings. The lowest BCUT2D eigenvalue weighted by molar-refractivity contribution is -0.408. The van der Waals surface area contributed by atoms with E-state index in [2.05, 4.69) is 9.47 Å². The van der Waals surface area contributed by atoms with Crippen molar-refractivity contribution in [2.45, 2.75) is 183 Å². The Morgan fingerprint density at radius 1 is 0.667 bits per heavy atom. The number of aliphatic hydroxyl groups is 1. The molecule has 3 atom stereocenters. The van der Waals surface area contributed by atoms with Crippen LogP contribution in [0.25, 0.3) is 0 Å². The second kappa shape index (κ2) is 20.7. The largest absolute Gasteiger partial charge is 0.462 e. The maximum atomic E-state index is 13.7. The van der Waals surface area contributed by atoms with Crippen LogP contribution in [0.5, 0.6) is 0 Å². The molecule has 0 amide bonds. The number of halogens is 9. The molecule has 0 heterocycles. The molecule has 10 nitrogen and oxygen atoms in total. The molecule has 54 heavy (non-hydrogen) atoms. The van der Waals surface area contributed by atoms with Gasteiger partial charge in [0.25, 0.3) is 10.1 Å². The molecule has 326 valence electrons. The van der Waals surface area contributed by atoms with Crippen molar-refractivity contribution < 1.29 is 86.2 Å². The quantitative estimate of drug-likeness (QED) is 0.0749. The van der Waals surface area contributed by atoms with Crippen LogP contribution in [0.15, 0.2) is 0 Å². The summed E-state index contributed by atoms with van der Waals surface area (Å²) in [6.45, 7) is 18.2. The molecule has 0 aliphatic carbocycles. The maximum Gasteiger partial charge on any atom is 0.441 e. The van der Waals surface area contributed by atoms with Crippen molar-refractivity contribution >= 4 is 28.0 Å². The highest BCUT2D eigenvalue weighted by molar-refractivity contribution is 7.86. The lowest BCUT2D eigenvalue weighted by Crippen LogP contribution is -2.72. The van der Waals surface area contributed by atoms with Gasteiger partial charge >= 0.3 is 42.0 Å². The number of alkyl halides is 9. The molecule has 0 aliphatic heterocycles. The summed E-state index contributed by atoms with van der Waals surface area (Å²) < 4.78 is 162. The third-order valence-electron chi connectivity index (χ3n) is 8.40. The van der Waals surface area contributed by atoms with Gasteiger partial charge in [0.05, 0.1) is 16.1 Å². The number of carbonyl (C=O) groups is 3. The summed E-state index contributed by atoms with van der Waals surface area (Å²) in [5.74, 6) is -4.07. The Bertz CT molecular complexity index is 1270. The van der Waals surface area contributed by atoms with Crippen molar-refractivity contribution in [1.29, 1.82) is 0 Å². The molecule has 0 radical (unpaired) electrons. The zero-order valence-electron chi connectivity index (χ0n) is 32.7. The van der Waals surface area contributed by atoms with E-state index < -0.39 is 104 Å². The van der Waals surface area contributed by atoms with Crippen molar-refractivity contribution in [2.75, 3.05) is 0 Å². The van der Waals surface area contributed by atoms with E-state index in [4.69, 9.17) is 9.29 Å². The molecule has 0 aromatic carbocycles. The predicted octanol–water partition coefficient (Wildman–Crippen LogP) is 9.56. The summed E-state index contributed by atoms with van der Waals surface area (Å²) in [5, 5.41) is 8.66. The first-order valence-electron chi connectivity index (χ1n) is 16.6. The van der Waals surface area contributed by atoms with Gasteiger partial charge in [-0.2, -0.15) is 47.9 Å². The molecule has 0 bridgehead atoms. The minimum atomic E-state index is -6.09. The van der Waals surface area contributed by atoms with Crippen LogP contribution in [0.2, 0.25) is 0 Å². The van der Waals surface area contributed by atoms with Gasteiger partial charge in [0, 0.05) is 12.8 Å².